The summed E-state index contributed by atoms with van der Waals surface area (Å²) in [5.41, 5.74) is -2.99. The van der Waals surface area contributed by atoms with Crippen molar-refractivity contribution in [3.63, 3.8) is 0 Å². The van der Waals surface area contributed by atoms with Crippen molar-refractivity contribution >= 4 is 0 Å². The van der Waals surface area contributed by atoms with E-state index in [0.717, 1.165) is 6.08 Å². The molecule has 1 rings (SSSR count). The second kappa shape index (κ2) is 3.87. The Kier molecular flexibility index (Phi) is 3.70. The average Bonchev–Trinajstić information content (AvgIpc) is 2.31. The third kappa shape index (κ3) is 1.91. The lowest BCUT2D eigenvalue weighted by molar-refractivity contribution is -0.265. The normalized spacial score (nSPS) is 29.7. The van der Waals surface area contributed by atoms with Crippen LogP contribution in [0.4, 0.5) is 22.0 Å². The van der Waals surface area contributed by atoms with E-state index < -0.39 is 23.9 Å². The molecule has 0 fully saturated rings. The van der Waals surface area contributed by atoms with Gasteiger partial charge in [0.05, 0.1) is 0 Å². The number of alkyl halides is 5. The molecule has 1 aliphatic rings. The molecule has 0 aromatic carbocycles. The zero-order valence-electron chi connectivity index (χ0n) is 8.25. The second-order valence-electron chi connectivity index (χ2n) is 3.01. The van der Waals surface area contributed by atoms with Gasteiger partial charge in [0.25, 0.3) is 5.92 Å². The summed E-state index contributed by atoms with van der Waals surface area (Å²) in [5, 5.41) is 0. The van der Waals surface area contributed by atoms with Gasteiger partial charge in [-0.2, -0.15) is 13.2 Å². The summed E-state index contributed by atoms with van der Waals surface area (Å²) in [6.45, 7) is 4.51. The van der Waals surface area contributed by atoms with E-state index in [1.807, 2.05) is 13.8 Å². The predicted molar refractivity (Wildman–Crippen MR) is 44.2 cm³/mol. The molecule has 14 heavy (non-hydrogen) atoms. The molecule has 0 N–H and O–H groups in total. The van der Waals surface area contributed by atoms with Gasteiger partial charge in [-0.15, -0.1) is 0 Å². The van der Waals surface area contributed by atoms with Gasteiger partial charge in [0.2, 0.25) is 0 Å². The van der Waals surface area contributed by atoms with Crippen LogP contribution in [0.2, 0.25) is 0 Å². The second-order valence-corrected chi connectivity index (χ2v) is 3.01. The van der Waals surface area contributed by atoms with Crippen LogP contribution in [0, 0.1) is 5.41 Å². The zero-order chi connectivity index (χ0) is 11.6. The van der Waals surface area contributed by atoms with E-state index in [9.17, 15) is 22.0 Å². The van der Waals surface area contributed by atoms with E-state index in [-0.39, 0.29) is 0 Å². The first-order valence-electron chi connectivity index (χ1n) is 4.33. The standard InChI is InChI=1S/C7H7F5.C2H6/c1-5(7(10,11)12)3-2-4-6(5,8)9;1-2/h2-3H,4H2,1H3;1-2H3. The van der Waals surface area contributed by atoms with Crippen molar-refractivity contribution in [2.24, 2.45) is 5.41 Å². The highest BCUT2D eigenvalue weighted by molar-refractivity contribution is 5.17. The van der Waals surface area contributed by atoms with Crippen LogP contribution in [0.3, 0.4) is 0 Å². The predicted octanol–water partition coefficient (Wildman–Crippen LogP) is 4.18. The van der Waals surface area contributed by atoms with Gasteiger partial charge in [0, 0.05) is 6.42 Å². The number of hydrogen-bond acceptors (Lipinski definition) is 0. The van der Waals surface area contributed by atoms with Crippen molar-refractivity contribution in [1.82, 2.24) is 0 Å². The first-order chi connectivity index (χ1) is 6.21. The largest absolute Gasteiger partial charge is 0.403 e. The first-order valence-corrected chi connectivity index (χ1v) is 4.33. The van der Waals surface area contributed by atoms with Gasteiger partial charge in [0.15, 0.2) is 0 Å². The molecule has 0 spiro atoms. The summed E-state index contributed by atoms with van der Waals surface area (Å²) in [5.74, 6) is -3.70. The number of rotatable bonds is 0. The molecule has 0 saturated heterocycles. The summed E-state index contributed by atoms with van der Waals surface area (Å²) in [4.78, 5) is 0. The summed E-state index contributed by atoms with van der Waals surface area (Å²) in [6, 6.07) is 0. The Balaban J connectivity index is 0.000000791. The van der Waals surface area contributed by atoms with Crippen molar-refractivity contribution in [3.8, 4) is 0 Å². The minimum absolute atomic E-state index is 0.510. The van der Waals surface area contributed by atoms with E-state index in [4.69, 9.17) is 0 Å². The Morgan fingerprint density at radius 3 is 1.71 bits per heavy atom. The molecule has 0 heterocycles. The van der Waals surface area contributed by atoms with Gasteiger partial charge in [0.1, 0.15) is 5.41 Å². The molecule has 84 valence electrons. The summed E-state index contributed by atoms with van der Waals surface area (Å²) in [7, 11) is 0. The maximum atomic E-state index is 12.7. The summed E-state index contributed by atoms with van der Waals surface area (Å²) in [6.07, 6.45) is -4.31. The maximum Gasteiger partial charge on any atom is 0.403 e. The molecule has 0 saturated carbocycles. The SMILES string of the molecule is CC.CC1(C(F)(F)F)C=CCC1(F)F. The van der Waals surface area contributed by atoms with Crippen LogP contribution < -0.4 is 0 Å². The average molecular weight is 216 g/mol. The lowest BCUT2D eigenvalue weighted by atomic mass is 9.86. The van der Waals surface area contributed by atoms with Crippen molar-refractivity contribution in [1.29, 1.82) is 0 Å². The molecule has 0 radical (unpaired) electrons. The number of allylic oxidation sites excluding steroid dienone is 2. The van der Waals surface area contributed by atoms with E-state index in [1.165, 1.54) is 0 Å². The smallest absolute Gasteiger partial charge is 0.205 e. The molecule has 0 nitrogen and oxygen atoms in total. The molecule has 0 aliphatic heterocycles. The highest BCUT2D eigenvalue weighted by atomic mass is 19.4. The van der Waals surface area contributed by atoms with E-state index in [2.05, 4.69) is 0 Å². The molecule has 0 bridgehead atoms. The molecule has 0 aromatic rings. The van der Waals surface area contributed by atoms with E-state index in [1.54, 1.807) is 0 Å². The topological polar surface area (TPSA) is 0 Å². The Labute approximate surface area is 79.8 Å². The van der Waals surface area contributed by atoms with E-state index in [0.29, 0.717) is 13.0 Å². The Morgan fingerprint density at radius 2 is 1.57 bits per heavy atom. The van der Waals surface area contributed by atoms with Crippen molar-refractivity contribution in [2.45, 2.75) is 39.3 Å². The molecular formula is C9H13F5. The van der Waals surface area contributed by atoms with Gasteiger partial charge < -0.3 is 0 Å². The minimum Gasteiger partial charge on any atom is -0.205 e. The third-order valence-corrected chi connectivity index (χ3v) is 2.17. The minimum atomic E-state index is -4.89. The fourth-order valence-corrected chi connectivity index (χ4v) is 1.08. The Bertz CT molecular complexity index is 216. The van der Waals surface area contributed by atoms with Crippen LogP contribution in [0.15, 0.2) is 12.2 Å². The summed E-state index contributed by atoms with van der Waals surface area (Å²) >= 11 is 0. The van der Waals surface area contributed by atoms with Crippen LogP contribution >= 0.6 is 0 Å². The molecule has 1 unspecified atom stereocenters. The number of hydrogen-bond donors (Lipinski definition) is 0. The molecule has 1 aliphatic carbocycles. The molecule has 1 atom stereocenters. The highest BCUT2D eigenvalue weighted by Gasteiger charge is 2.66. The van der Waals surface area contributed by atoms with Crippen LogP contribution in [0.25, 0.3) is 0 Å². The lowest BCUT2D eigenvalue weighted by Crippen LogP contribution is -2.45. The Morgan fingerprint density at radius 1 is 1.14 bits per heavy atom. The van der Waals surface area contributed by atoms with Crippen molar-refractivity contribution in [2.75, 3.05) is 0 Å². The van der Waals surface area contributed by atoms with Crippen LogP contribution in [-0.4, -0.2) is 12.1 Å². The van der Waals surface area contributed by atoms with Gasteiger partial charge in [-0.05, 0) is 6.92 Å². The first kappa shape index (κ1) is 13.4. The lowest BCUT2D eigenvalue weighted by Gasteiger charge is -2.32. The highest BCUT2D eigenvalue weighted by Crippen LogP contribution is 2.54. The van der Waals surface area contributed by atoms with Crippen LogP contribution in [0.1, 0.15) is 27.2 Å². The van der Waals surface area contributed by atoms with Gasteiger partial charge in [-0.3, -0.25) is 0 Å². The van der Waals surface area contributed by atoms with Crippen LogP contribution in [-0.2, 0) is 0 Å². The molecule has 0 amide bonds. The molecular weight excluding hydrogens is 203 g/mol. The van der Waals surface area contributed by atoms with Gasteiger partial charge >= 0.3 is 6.18 Å². The summed E-state index contributed by atoms with van der Waals surface area (Å²) < 4.78 is 61.7. The van der Waals surface area contributed by atoms with Crippen molar-refractivity contribution < 1.29 is 22.0 Å². The van der Waals surface area contributed by atoms with Gasteiger partial charge in [-0.25, -0.2) is 8.78 Å². The van der Waals surface area contributed by atoms with E-state index >= 15 is 0 Å². The van der Waals surface area contributed by atoms with Gasteiger partial charge in [-0.1, -0.05) is 26.0 Å². The van der Waals surface area contributed by atoms with Crippen molar-refractivity contribution in [3.05, 3.63) is 12.2 Å². The molecule has 0 aromatic heterocycles. The van der Waals surface area contributed by atoms with Crippen LogP contribution in [0.5, 0.6) is 0 Å². The monoisotopic (exact) mass is 216 g/mol. The quantitative estimate of drug-likeness (QED) is 0.421. The maximum absolute atomic E-state index is 12.7. The fourth-order valence-electron chi connectivity index (χ4n) is 1.08. The Hall–Kier alpha value is -0.610. The zero-order valence-corrected chi connectivity index (χ0v) is 8.25. The number of halogens is 5. The third-order valence-electron chi connectivity index (χ3n) is 2.17. The molecule has 5 heteroatoms. The fraction of sp³-hybridized carbons (Fsp3) is 0.778.